The fourth-order valence-corrected chi connectivity index (χ4v) is 2.40. The van der Waals surface area contributed by atoms with Crippen LogP contribution < -0.4 is 0 Å². The van der Waals surface area contributed by atoms with E-state index in [2.05, 4.69) is 10.1 Å². The van der Waals surface area contributed by atoms with E-state index in [1.807, 2.05) is 13.0 Å². The van der Waals surface area contributed by atoms with E-state index >= 15 is 0 Å². The maximum absolute atomic E-state index is 12.0. The van der Waals surface area contributed by atoms with E-state index in [1.165, 1.54) is 6.33 Å². The lowest BCUT2D eigenvalue weighted by molar-refractivity contribution is 0.0161. The molecule has 0 amide bonds. The Balaban J connectivity index is 1.68. The summed E-state index contributed by atoms with van der Waals surface area (Å²) in [5.41, 5.74) is 2.37. The van der Waals surface area contributed by atoms with Crippen molar-refractivity contribution in [1.29, 1.82) is 0 Å². The topological polar surface area (TPSA) is 66.2 Å². The Morgan fingerprint density at radius 2 is 2.43 bits per heavy atom. The number of nitrogens with zero attached hydrogens (tertiary/aromatic N) is 3. The summed E-state index contributed by atoms with van der Waals surface area (Å²) in [6.45, 7) is 3.00. The van der Waals surface area contributed by atoms with Crippen molar-refractivity contribution in [2.24, 2.45) is 0 Å². The number of rotatable bonds is 4. The first-order valence-corrected chi connectivity index (χ1v) is 6.98. The molecule has 6 nitrogen and oxygen atoms in total. The van der Waals surface area contributed by atoms with Gasteiger partial charge in [0.2, 0.25) is 0 Å². The van der Waals surface area contributed by atoms with Crippen LogP contribution in [0.3, 0.4) is 0 Å². The van der Waals surface area contributed by atoms with Crippen molar-refractivity contribution >= 4 is 5.97 Å². The first kappa shape index (κ1) is 13.8. The van der Waals surface area contributed by atoms with Gasteiger partial charge in [0.25, 0.3) is 0 Å². The summed E-state index contributed by atoms with van der Waals surface area (Å²) in [5, 5.41) is 4.08. The predicted octanol–water partition coefficient (Wildman–Crippen LogP) is 1.91. The maximum atomic E-state index is 12.0. The van der Waals surface area contributed by atoms with E-state index in [4.69, 9.17) is 9.47 Å². The van der Waals surface area contributed by atoms with Gasteiger partial charge in [-0.3, -0.25) is 0 Å². The number of hydrogen-bond acceptors (Lipinski definition) is 5. The zero-order valence-corrected chi connectivity index (χ0v) is 11.9. The van der Waals surface area contributed by atoms with Crippen LogP contribution in [0, 0.1) is 6.92 Å². The van der Waals surface area contributed by atoms with Gasteiger partial charge in [0.15, 0.2) is 0 Å². The van der Waals surface area contributed by atoms with E-state index in [0.29, 0.717) is 12.2 Å². The highest BCUT2D eigenvalue weighted by Gasteiger charge is 2.18. The molecule has 0 bridgehead atoms. The monoisotopic (exact) mass is 287 g/mol. The molecule has 3 rings (SSSR count). The third-order valence-electron chi connectivity index (χ3n) is 3.52. The van der Waals surface area contributed by atoms with Crippen LogP contribution in [0.1, 0.15) is 28.8 Å². The van der Waals surface area contributed by atoms with Gasteiger partial charge in [-0.05, 0) is 43.5 Å². The molecule has 0 spiro atoms. The van der Waals surface area contributed by atoms with Gasteiger partial charge in [-0.25, -0.2) is 14.5 Å². The fourth-order valence-electron chi connectivity index (χ4n) is 2.40. The van der Waals surface area contributed by atoms with Crippen LogP contribution in [0.5, 0.6) is 0 Å². The van der Waals surface area contributed by atoms with Crippen molar-refractivity contribution in [3.05, 3.63) is 42.0 Å². The number of carbonyl (C=O) groups is 1. The average Bonchev–Trinajstić information content (AvgIpc) is 3.17. The van der Waals surface area contributed by atoms with Gasteiger partial charge in [0.05, 0.1) is 17.4 Å². The molecular weight excluding hydrogens is 270 g/mol. The Bertz CT molecular complexity index is 619. The van der Waals surface area contributed by atoms with Crippen molar-refractivity contribution in [1.82, 2.24) is 14.8 Å². The second-order valence-corrected chi connectivity index (χ2v) is 5.07. The minimum atomic E-state index is -0.321. The molecule has 21 heavy (non-hydrogen) atoms. The number of aryl methyl sites for hydroxylation is 1. The molecular formula is C15H17N3O3. The number of ether oxygens (including phenoxy) is 2. The van der Waals surface area contributed by atoms with Crippen LogP contribution in [0.15, 0.2) is 30.9 Å². The second-order valence-electron chi connectivity index (χ2n) is 5.07. The van der Waals surface area contributed by atoms with Gasteiger partial charge < -0.3 is 9.47 Å². The highest BCUT2D eigenvalue weighted by atomic mass is 16.6. The van der Waals surface area contributed by atoms with Crippen LogP contribution in [-0.4, -0.2) is 40.1 Å². The Morgan fingerprint density at radius 1 is 1.52 bits per heavy atom. The Morgan fingerprint density at radius 3 is 3.10 bits per heavy atom. The van der Waals surface area contributed by atoms with Crippen LogP contribution in [0.25, 0.3) is 5.69 Å². The van der Waals surface area contributed by atoms with Crippen molar-refractivity contribution in [2.45, 2.75) is 25.9 Å². The van der Waals surface area contributed by atoms with Gasteiger partial charge in [0, 0.05) is 6.61 Å². The molecule has 110 valence electrons. The first-order valence-electron chi connectivity index (χ1n) is 6.98. The summed E-state index contributed by atoms with van der Waals surface area (Å²) < 4.78 is 12.4. The summed E-state index contributed by atoms with van der Waals surface area (Å²) in [5.74, 6) is -0.321. The minimum Gasteiger partial charge on any atom is -0.459 e. The number of aromatic nitrogens is 3. The Hall–Kier alpha value is -2.21. The van der Waals surface area contributed by atoms with E-state index in [0.717, 1.165) is 30.7 Å². The minimum absolute atomic E-state index is 0.0458. The molecule has 0 aliphatic carbocycles. The number of carbonyl (C=O) groups excluding carboxylic acids is 1. The maximum Gasteiger partial charge on any atom is 0.338 e. The van der Waals surface area contributed by atoms with Gasteiger partial charge in [-0.2, -0.15) is 5.10 Å². The summed E-state index contributed by atoms with van der Waals surface area (Å²) in [6, 6.07) is 5.38. The highest BCUT2D eigenvalue weighted by molar-refractivity contribution is 5.90. The van der Waals surface area contributed by atoms with Crippen molar-refractivity contribution in [2.75, 3.05) is 13.2 Å². The Labute approximate surface area is 122 Å². The van der Waals surface area contributed by atoms with Crippen LogP contribution in [-0.2, 0) is 9.47 Å². The number of benzene rings is 1. The Kier molecular flexibility index (Phi) is 3.96. The summed E-state index contributed by atoms with van der Waals surface area (Å²) in [7, 11) is 0. The molecule has 1 aliphatic heterocycles. The third kappa shape index (κ3) is 3.11. The zero-order valence-electron chi connectivity index (χ0n) is 11.9. The normalized spacial score (nSPS) is 17.9. The molecule has 0 unspecified atom stereocenters. The fraction of sp³-hybridized carbons (Fsp3) is 0.400. The molecule has 1 saturated heterocycles. The summed E-state index contributed by atoms with van der Waals surface area (Å²) in [4.78, 5) is 16.0. The van der Waals surface area contributed by atoms with Gasteiger partial charge >= 0.3 is 5.97 Å². The van der Waals surface area contributed by atoms with E-state index in [9.17, 15) is 4.79 Å². The molecule has 1 aliphatic rings. The lowest BCUT2D eigenvalue weighted by Gasteiger charge is -2.11. The van der Waals surface area contributed by atoms with Crippen LogP contribution in [0.4, 0.5) is 0 Å². The van der Waals surface area contributed by atoms with Crippen LogP contribution >= 0.6 is 0 Å². The predicted molar refractivity (Wildman–Crippen MR) is 75.4 cm³/mol. The van der Waals surface area contributed by atoms with Crippen LogP contribution in [0.2, 0.25) is 0 Å². The summed E-state index contributed by atoms with van der Waals surface area (Å²) in [6.07, 6.45) is 5.14. The molecule has 0 radical (unpaired) electrons. The second kappa shape index (κ2) is 6.05. The largest absolute Gasteiger partial charge is 0.459 e. The van der Waals surface area contributed by atoms with Crippen molar-refractivity contribution < 1.29 is 14.3 Å². The molecule has 0 saturated carbocycles. The van der Waals surface area contributed by atoms with Crippen molar-refractivity contribution in [3.63, 3.8) is 0 Å². The molecule has 1 aromatic carbocycles. The SMILES string of the molecule is Cc1cc(C(=O)OC[C@@H]2CCCO2)ccc1-n1cncn1. The third-order valence-corrected chi connectivity index (χ3v) is 3.52. The zero-order chi connectivity index (χ0) is 14.7. The van der Waals surface area contributed by atoms with E-state index in [1.54, 1.807) is 23.1 Å². The molecule has 1 aromatic heterocycles. The highest BCUT2D eigenvalue weighted by Crippen LogP contribution is 2.17. The van der Waals surface area contributed by atoms with E-state index in [-0.39, 0.29) is 12.1 Å². The molecule has 2 aromatic rings. The molecule has 1 atom stereocenters. The molecule has 6 heteroatoms. The van der Waals surface area contributed by atoms with Gasteiger partial charge in [0.1, 0.15) is 19.3 Å². The lowest BCUT2D eigenvalue weighted by Crippen LogP contribution is -2.18. The number of esters is 1. The molecule has 2 heterocycles. The van der Waals surface area contributed by atoms with Gasteiger partial charge in [-0.15, -0.1) is 0 Å². The average molecular weight is 287 g/mol. The summed E-state index contributed by atoms with van der Waals surface area (Å²) >= 11 is 0. The molecule has 1 fully saturated rings. The van der Waals surface area contributed by atoms with Gasteiger partial charge in [-0.1, -0.05) is 0 Å². The molecule has 0 N–H and O–H groups in total. The lowest BCUT2D eigenvalue weighted by atomic mass is 10.1. The first-order chi connectivity index (χ1) is 10.2. The van der Waals surface area contributed by atoms with E-state index < -0.39 is 0 Å². The van der Waals surface area contributed by atoms with Crippen molar-refractivity contribution in [3.8, 4) is 5.69 Å². The standard InChI is InChI=1S/C15H17N3O3/c1-11-7-12(4-5-14(11)18-10-16-9-17-18)15(19)21-8-13-3-2-6-20-13/h4-5,7,9-10,13H,2-3,6,8H2,1H3/t13-/m0/s1. The smallest absolute Gasteiger partial charge is 0.338 e. The number of hydrogen-bond donors (Lipinski definition) is 0. The quantitative estimate of drug-likeness (QED) is 0.804.